The Morgan fingerprint density at radius 1 is 1.07 bits per heavy atom. The number of rotatable bonds is 7. The molecule has 1 aliphatic heterocycles. The summed E-state index contributed by atoms with van der Waals surface area (Å²) in [5, 5.41) is 41.1. The molecule has 0 saturated carbocycles. The minimum Gasteiger partial charge on any atom is -0.494 e. The number of hydrogen-bond donors (Lipinski definition) is 4. The first-order valence-corrected chi connectivity index (χ1v) is 10.1. The fraction of sp³-hybridized carbons (Fsp3) is 0.455. The molecule has 0 bridgehead atoms. The average Bonchev–Trinajstić information content (AvgIpc) is 2.76. The van der Waals surface area contributed by atoms with Crippen molar-refractivity contribution < 1.29 is 34.6 Å². The molecule has 8 heteroatoms. The summed E-state index contributed by atoms with van der Waals surface area (Å²) < 4.78 is 16.7. The summed E-state index contributed by atoms with van der Waals surface area (Å²) in [5.41, 5.74) is 2.16. The van der Waals surface area contributed by atoms with Gasteiger partial charge in [-0.25, -0.2) is 0 Å². The zero-order valence-electron chi connectivity index (χ0n) is 16.9. The van der Waals surface area contributed by atoms with Gasteiger partial charge < -0.3 is 34.6 Å². The van der Waals surface area contributed by atoms with Crippen molar-refractivity contribution in [2.45, 2.75) is 43.5 Å². The number of methoxy groups -OCH3 is 1. The lowest BCUT2D eigenvalue weighted by Crippen LogP contribution is -2.64. The van der Waals surface area contributed by atoms with Gasteiger partial charge in [0.1, 0.15) is 30.2 Å². The summed E-state index contributed by atoms with van der Waals surface area (Å²) in [5.74, 6) is -0.995. The Kier molecular flexibility index (Phi) is 7.36. The van der Waals surface area contributed by atoms with Crippen LogP contribution in [-0.4, -0.2) is 65.2 Å². The van der Waals surface area contributed by atoms with Crippen LogP contribution in [0.1, 0.15) is 23.6 Å². The molecule has 7 nitrogen and oxygen atoms in total. The normalized spacial score (nSPS) is 29.0. The molecular formula is C22H27ClO7. The zero-order valence-corrected chi connectivity index (χ0v) is 17.6. The van der Waals surface area contributed by atoms with Crippen LogP contribution < -0.4 is 4.74 Å². The Morgan fingerprint density at radius 3 is 2.37 bits per heavy atom. The third-order valence-corrected chi connectivity index (χ3v) is 5.70. The SMILES string of the molecule is CCOc1ccc(Cc2cc([C@@]3(OC)O[C@H](CO)[C@@H](O)[C@H](O)[C@@H]3O)ccc2Cl)cc1. The number of aliphatic hydroxyl groups is 4. The van der Waals surface area contributed by atoms with Gasteiger partial charge in [0.15, 0.2) is 0 Å². The molecule has 1 fully saturated rings. The molecule has 0 aliphatic carbocycles. The molecule has 2 aromatic carbocycles. The lowest BCUT2D eigenvalue weighted by molar-refractivity contribution is -0.366. The second-order valence-corrected chi connectivity index (χ2v) is 7.60. The summed E-state index contributed by atoms with van der Waals surface area (Å²) in [4.78, 5) is 0. The van der Waals surface area contributed by atoms with Gasteiger partial charge in [-0.3, -0.25) is 0 Å². The van der Waals surface area contributed by atoms with E-state index >= 15 is 0 Å². The van der Waals surface area contributed by atoms with Crippen molar-refractivity contribution in [3.8, 4) is 5.75 Å². The van der Waals surface area contributed by atoms with Crippen LogP contribution in [0.3, 0.4) is 0 Å². The maximum atomic E-state index is 10.7. The Labute approximate surface area is 180 Å². The lowest BCUT2D eigenvalue weighted by Gasteiger charge is -2.47. The first-order chi connectivity index (χ1) is 14.4. The van der Waals surface area contributed by atoms with E-state index in [1.54, 1.807) is 18.2 Å². The molecule has 0 amide bonds. The second-order valence-electron chi connectivity index (χ2n) is 7.20. The second kappa shape index (κ2) is 9.62. The smallest absolute Gasteiger partial charge is 0.224 e. The first-order valence-electron chi connectivity index (χ1n) is 9.75. The van der Waals surface area contributed by atoms with Crippen molar-refractivity contribution in [3.05, 3.63) is 64.2 Å². The molecule has 3 rings (SSSR count). The summed E-state index contributed by atoms with van der Waals surface area (Å²) in [6, 6.07) is 12.6. The van der Waals surface area contributed by atoms with Gasteiger partial charge in [-0.1, -0.05) is 29.8 Å². The van der Waals surface area contributed by atoms with Crippen LogP contribution in [0.2, 0.25) is 5.02 Å². The summed E-state index contributed by atoms with van der Waals surface area (Å²) >= 11 is 6.40. The molecule has 0 radical (unpaired) electrons. The van der Waals surface area contributed by atoms with E-state index in [0.29, 0.717) is 23.6 Å². The Bertz CT molecular complexity index is 842. The van der Waals surface area contributed by atoms with E-state index in [1.165, 1.54) is 7.11 Å². The highest BCUT2D eigenvalue weighted by molar-refractivity contribution is 6.31. The van der Waals surface area contributed by atoms with Gasteiger partial charge in [-0.05, 0) is 48.7 Å². The van der Waals surface area contributed by atoms with Gasteiger partial charge in [0.05, 0.1) is 13.2 Å². The maximum Gasteiger partial charge on any atom is 0.224 e. The average molecular weight is 439 g/mol. The number of aliphatic hydroxyl groups excluding tert-OH is 4. The van der Waals surface area contributed by atoms with E-state index in [9.17, 15) is 20.4 Å². The van der Waals surface area contributed by atoms with Gasteiger partial charge in [-0.2, -0.15) is 0 Å². The standard InChI is InChI=1S/C22H27ClO7/c1-3-29-16-7-4-13(5-8-16)10-14-11-15(6-9-17(14)23)22(28-2)21(27)20(26)19(25)18(12-24)30-22/h4-9,11,18-21,24-27H,3,10,12H2,1-2H3/t18-,19-,20+,21+,22-/m1/s1. The molecule has 0 spiro atoms. The van der Waals surface area contributed by atoms with Crippen LogP contribution in [0, 0.1) is 0 Å². The molecule has 2 aromatic rings. The predicted octanol–water partition coefficient (Wildman–Crippen LogP) is 1.60. The molecule has 1 heterocycles. The van der Waals surface area contributed by atoms with Crippen LogP contribution in [-0.2, 0) is 21.7 Å². The Balaban J connectivity index is 1.94. The Morgan fingerprint density at radius 2 is 1.77 bits per heavy atom. The van der Waals surface area contributed by atoms with Crippen molar-refractivity contribution >= 4 is 11.6 Å². The highest BCUT2D eigenvalue weighted by atomic mass is 35.5. The van der Waals surface area contributed by atoms with E-state index in [0.717, 1.165) is 16.9 Å². The van der Waals surface area contributed by atoms with E-state index in [-0.39, 0.29) is 0 Å². The van der Waals surface area contributed by atoms with Gasteiger partial charge >= 0.3 is 0 Å². The molecule has 1 aliphatic rings. The molecular weight excluding hydrogens is 412 g/mol. The molecule has 0 aromatic heterocycles. The van der Waals surface area contributed by atoms with Crippen LogP contribution in [0.4, 0.5) is 0 Å². The van der Waals surface area contributed by atoms with Crippen LogP contribution in [0.15, 0.2) is 42.5 Å². The van der Waals surface area contributed by atoms with Gasteiger partial charge in [0, 0.05) is 17.7 Å². The zero-order chi connectivity index (χ0) is 21.9. The van der Waals surface area contributed by atoms with Crippen molar-refractivity contribution in [1.82, 2.24) is 0 Å². The number of ether oxygens (including phenoxy) is 3. The minimum absolute atomic E-state index is 0.409. The van der Waals surface area contributed by atoms with Gasteiger partial charge in [-0.15, -0.1) is 0 Å². The van der Waals surface area contributed by atoms with Crippen molar-refractivity contribution in [3.63, 3.8) is 0 Å². The highest BCUT2D eigenvalue weighted by Gasteiger charge is 2.55. The van der Waals surface area contributed by atoms with Gasteiger partial charge in [0.25, 0.3) is 0 Å². The fourth-order valence-electron chi connectivity index (χ4n) is 3.68. The van der Waals surface area contributed by atoms with E-state index in [4.69, 9.17) is 25.8 Å². The maximum absolute atomic E-state index is 10.7. The van der Waals surface area contributed by atoms with Crippen LogP contribution >= 0.6 is 11.6 Å². The summed E-state index contributed by atoms with van der Waals surface area (Å²) in [6.07, 6.45) is -5.23. The minimum atomic E-state index is -1.77. The van der Waals surface area contributed by atoms with Crippen molar-refractivity contribution in [2.75, 3.05) is 20.3 Å². The van der Waals surface area contributed by atoms with E-state index < -0.39 is 36.8 Å². The quantitative estimate of drug-likeness (QED) is 0.520. The predicted molar refractivity (Wildman–Crippen MR) is 111 cm³/mol. The van der Waals surface area contributed by atoms with Gasteiger partial charge in [0.2, 0.25) is 5.79 Å². The largest absolute Gasteiger partial charge is 0.494 e. The fourth-order valence-corrected chi connectivity index (χ4v) is 3.87. The molecule has 1 saturated heterocycles. The van der Waals surface area contributed by atoms with Crippen LogP contribution in [0.25, 0.3) is 0 Å². The van der Waals surface area contributed by atoms with Crippen molar-refractivity contribution in [1.29, 1.82) is 0 Å². The molecule has 30 heavy (non-hydrogen) atoms. The number of halogens is 1. The topological polar surface area (TPSA) is 109 Å². The number of benzene rings is 2. The molecule has 5 atom stereocenters. The molecule has 164 valence electrons. The third-order valence-electron chi connectivity index (χ3n) is 5.33. The molecule has 0 unspecified atom stereocenters. The monoisotopic (exact) mass is 438 g/mol. The van der Waals surface area contributed by atoms with E-state index in [1.807, 2.05) is 31.2 Å². The molecule has 4 N–H and O–H groups in total. The highest BCUT2D eigenvalue weighted by Crippen LogP contribution is 2.40. The lowest BCUT2D eigenvalue weighted by atomic mass is 9.87. The summed E-state index contributed by atoms with van der Waals surface area (Å²) in [6.45, 7) is 1.95. The summed E-state index contributed by atoms with van der Waals surface area (Å²) in [7, 11) is 1.32. The van der Waals surface area contributed by atoms with E-state index in [2.05, 4.69) is 0 Å². The number of hydrogen-bond acceptors (Lipinski definition) is 7. The van der Waals surface area contributed by atoms with Crippen LogP contribution in [0.5, 0.6) is 5.75 Å². The Hall–Kier alpha value is -1.71. The first kappa shape index (κ1) is 23.0. The third kappa shape index (κ3) is 4.33. The van der Waals surface area contributed by atoms with Crippen molar-refractivity contribution in [2.24, 2.45) is 0 Å².